The zero-order valence-electron chi connectivity index (χ0n) is 8.73. The molecule has 0 saturated carbocycles. The molecule has 0 radical (unpaired) electrons. The molecular formula is C11H12O5. The Morgan fingerprint density at radius 1 is 1.56 bits per heavy atom. The molecular weight excluding hydrogens is 212 g/mol. The first-order valence-electron chi connectivity index (χ1n) is 4.91. The van der Waals surface area contributed by atoms with Crippen molar-refractivity contribution in [1.82, 2.24) is 0 Å². The number of benzene rings is 1. The van der Waals surface area contributed by atoms with Crippen LogP contribution in [-0.4, -0.2) is 27.9 Å². The monoisotopic (exact) mass is 224 g/mol. The minimum atomic E-state index is -1.71. The van der Waals surface area contributed by atoms with E-state index in [1.807, 2.05) is 0 Å². The number of fused-ring (bicyclic) bond motifs is 1. The van der Waals surface area contributed by atoms with Gasteiger partial charge < -0.3 is 20.1 Å². The van der Waals surface area contributed by atoms with Gasteiger partial charge in [-0.25, -0.2) is 4.79 Å². The van der Waals surface area contributed by atoms with Crippen molar-refractivity contribution >= 4 is 5.97 Å². The topological polar surface area (TPSA) is 87.0 Å². The molecule has 0 fully saturated rings. The lowest BCUT2D eigenvalue weighted by Crippen LogP contribution is -2.13. The van der Waals surface area contributed by atoms with Crippen LogP contribution in [0.1, 0.15) is 22.8 Å². The summed E-state index contributed by atoms with van der Waals surface area (Å²) >= 11 is 0. The first-order valence-corrected chi connectivity index (χ1v) is 4.91. The fourth-order valence-electron chi connectivity index (χ4n) is 1.91. The van der Waals surface area contributed by atoms with Crippen molar-refractivity contribution in [2.75, 3.05) is 6.61 Å². The quantitative estimate of drug-likeness (QED) is 0.690. The second-order valence-corrected chi connectivity index (χ2v) is 3.77. The SMILES string of the molecule is Cc1cc2c(c(C(O)C(=O)O)c1O)CCO2. The average Bonchev–Trinajstić information content (AvgIpc) is 2.66. The molecule has 86 valence electrons. The number of aliphatic hydroxyl groups is 1. The number of aromatic hydroxyl groups is 1. The fourth-order valence-corrected chi connectivity index (χ4v) is 1.91. The molecule has 1 unspecified atom stereocenters. The minimum absolute atomic E-state index is 0.0556. The number of rotatable bonds is 2. The van der Waals surface area contributed by atoms with Crippen molar-refractivity contribution in [3.8, 4) is 11.5 Å². The van der Waals surface area contributed by atoms with Gasteiger partial charge in [0.2, 0.25) is 0 Å². The molecule has 0 aromatic heterocycles. The number of carboxylic acids is 1. The molecule has 0 aliphatic carbocycles. The summed E-state index contributed by atoms with van der Waals surface area (Å²) in [4.78, 5) is 10.8. The summed E-state index contributed by atoms with van der Waals surface area (Å²) < 4.78 is 5.29. The summed E-state index contributed by atoms with van der Waals surface area (Å²) in [5.74, 6) is -1.00. The Bertz CT molecular complexity index is 452. The minimum Gasteiger partial charge on any atom is -0.507 e. The van der Waals surface area contributed by atoms with E-state index in [0.29, 0.717) is 29.9 Å². The smallest absolute Gasteiger partial charge is 0.337 e. The fraction of sp³-hybridized carbons (Fsp3) is 0.364. The zero-order valence-corrected chi connectivity index (χ0v) is 8.73. The summed E-state index contributed by atoms with van der Waals surface area (Å²) in [6.45, 7) is 2.08. The highest BCUT2D eigenvalue weighted by Gasteiger charge is 2.29. The third-order valence-corrected chi connectivity index (χ3v) is 2.72. The van der Waals surface area contributed by atoms with Gasteiger partial charge in [-0.3, -0.25) is 0 Å². The highest BCUT2D eigenvalue weighted by atomic mass is 16.5. The van der Waals surface area contributed by atoms with Crippen LogP contribution in [0.3, 0.4) is 0 Å². The van der Waals surface area contributed by atoms with Crippen molar-refractivity contribution in [3.05, 3.63) is 22.8 Å². The summed E-state index contributed by atoms with van der Waals surface area (Å²) in [5.41, 5.74) is 1.13. The molecule has 0 amide bonds. The number of phenols is 1. The van der Waals surface area contributed by atoms with Crippen molar-refractivity contribution < 1.29 is 24.9 Å². The maximum Gasteiger partial charge on any atom is 0.337 e. The predicted octanol–water partition coefficient (Wildman–Crippen LogP) is 0.754. The van der Waals surface area contributed by atoms with Crippen molar-refractivity contribution in [2.24, 2.45) is 0 Å². The molecule has 16 heavy (non-hydrogen) atoms. The van der Waals surface area contributed by atoms with E-state index in [0.717, 1.165) is 0 Å². The van der Waals surface area contributed by atoms with Gasteiger partial charge in [-0.1, -0.05) is 0 Å². The van der Waals surface area contributed by atoms with E-state index in [2.05, 4.69) is 0 Å². The summed E-state index contributed by atoms with van der Waals surface area (Å²) in [6, 6.07) is 1.65. The number of aryl methyl sites for hydroxylation is 1. The number of carboxylic acid groups (broad SMARTS) is 1. The second-order valence-electron chi connectivity index (χ2n) is 3.77. The van der Waals surface area contributed by atoms with Crippen LogP contribution in [0, 0.1) is 6.92 Å². The Morgan fingerprint density at radius 3 is 2.88 bits per heavy atom. The third kappa shape index (κ3) is 1.49. The molecule has 3 N–H and O–H groups in total. The summed E-state index contributed by atoms with van der Waals surface area (Å²) in [6.07, 6.45) is -1.21. The van der Waals surface area contributed by atoms with E-state index in [1.54, 1.807) is 13.0 Å². The molecule has 1 aromatic rings. The van der Waals surface area contributed by atoms with Gasteiger partial charge in [0, 0.05) is 17.5 Å². The second kappa shape index (κ2) is 3.68. The molecule has 2 rings (SSSR count). The molecule has 0 bridgehead atoms. The average molecular weight is 224 g/mol. The van der Waals surface area contributed by atoms with E-state index in [-0.39, 0.29) is 11.3 Å². The van der Waals surface area contributed by atoms with Crippen LogP contribution in [-0.2, 0) is 11.2 Å². The summed E-state index contributed by atoms with van der Waals surface area (Å²) in [5, 5.41) is 28.1. The number of ether oxygens (including phenoxy) is 1. The van der Waals surface area contributed by atoms with Crippen molar-refractivity contribution in [3.63, 3.8) is 0 Å². The van der Waals surface area contributed by atoms with E-state index in [1.165, 1.54) is 0 Å². The zero-order chi connectivity index (χ0) is 11.9. The highest BCUT2D eigenvalue weighted by Crippen LogP contribution is 2.40. The predicted molar refractivity (Wildman–Crippen MR) is 54.6 cm³/mol. The Morgan fingerprint density at radius 2 is 2.25 bits per heavy atom. The van der Waals surface area contributed by atoms with Gasteiger partial charge in [0.05, 0.1) is 6.61 Å². The van der Waals surface area contributed by atoms with Crippen LogP contribution < -0.4 is 4.74 Å². The maximum absolute atomic E-state index is 10.8. The molecule has 0 saturated heterocycles. The van der Waals surface area contributed by atoms with Crippen LogP contribution in [0.2, 0.25) is 0 Å². The largest absolute Gasteiger partial charge is 0.507 e. The van der Waals surface area contributed by atoms with E-state index in [4.69, 9.17) is 9.84 Å². The number of carbonyl (C=O) groups is 1. The van der Waals surface area contributed by atoms with Crippen LogP contribution in [0.4, 0.5) is 0 Å². The first-order chi connectivity index (χ1) is 7.52. The number of hydrogen-bond donors (Lipinski definition) is 3. The molecule has 5 nitrogen and oxygen atoms in total. The summed E-state index contributed by atoms with van der Waals surface area (Å²) in [7, 11) is 0. The van der Waals surface area contributed by atoms with Gasteiger partial charge in [-0.15, -0.1) is 0 Å². The van der Waals surface area contributed by atoms with E-state index in [9.17, 15) is 15.0 Å². The Labute approximate surface area is 91.9 Å². The van der Waals surface area contributed by atoms with Gasteiger partial charge in [0.25, 0.3) is 0 Å². The van der Waals surface area contributed by atoms with Crippen molar-refractivity contribution in [1.29, 1.82) is 0 Å². The Hall–Kier alpha value is -1.75. The van der Waals surface area contributed by atoms with E-state index < -0.39 is 12.1 Å². The maximum atomic E-state index is 10.8. The molecule has 1 heterocycles. The molecule has 0 spiro atoms. The number of aliphatic carboxylic acids is 1. The number of phenolic OH excluding ortho intramolecular Hbond substituents is 1. The lowest BCUT2D eigenvalue weighted by Gasteiger charge is -2.14. The number of hydrogen-bond acceptors (Lipinski definition) is 4. The van der Waals surface area contributed by atoms with Crippen LogP contribution in [0.15, 0.2) is 6.07 Å². The lowest BCUT2D eigenvalue weighted by molar-refractivity contribution is -0.147. The molecule has 5 heteroatoms. The van der Waals surface area contributed by atoms with E-state index >= 15 is 0 Å². The molecule has 1 atom stereocenters. The molecule has 1 aliphatic rings. The Kier molecular flexibility index (Phi) is 2.47. The van der Waals surface area contributed by atoms with Gasteiger partial charge in [0.1, 0.15) is 11.5 Å². The molecule has 1 aromatic carbocycles. The highest BCUT2D eigenvalue weighted by molar-refractivity contribution is 5.77. The van der Waals surface area contributed by atoms with Crippen LogP contribution in [0.5, 0.6) is 11.5 Å². The molecule has 1 aliphatic heterocycles. The third-order valence-electron chi connectivity index (χ3n) is 2.72. The first kappa shape index (κ1) is 10.8. The lowest BCUT2D eigenvalue weighted by atomic mass is 9.96. The van der Waals surface area contributed by atoms with Gasteiger partial charge in [-0.05, 0) is 18.6 Å². The van der Waals surface area contributed by atoms with Gasteiger partial charge in [-0.2, -0.15) is 0 Å². The standard InChI is InChI=1S/C11H12O5/c1-5-4-7-6(2-3-16-7)8(9(5)12)10(13)11(14)15/h4,10,12-13H,2-3H2,1H3,(H,14,15). The van der Waals surface area contributed by atoms with Crippen LogP contribution >= 0.6 is 0 Å². The van der Waals surface area contributed by atoms with Gasteiger partial charge in [0.15, 0.2) is 6.10 Å². The van der Waals surface area contributed by atoms with Crippen molar-refractivity contribution in [2.45, 2.75) is 19.4 Å². The van der Waals surface area contributed by atoms with Crippen LogP contribution in [0.25, 0.3) is 0 Å². The normalized spacial score (nSPS) is 15.4. The number of aliphatic hydroxyl groups excluding tert-OH is 1. The van der Waals surface area contributed by atoms with Gasteiger partial charge >= 0.3 is 5.97 Å². The Balaban J connectivity index is 2.63.